The fraction of sp³-hybridized carbons (Fsp3) is 0.167. The minimum atomic E-state index is -0.463. The smallest absolute Gasteiger partial charge is 0.273 e. The van der Waals surface area contributed by atoms with Crippen LogP contribution in [-0.2, 0) is 6.54 Å². The van der Waals surface area contributed by atoms with Crippen molar-refractivity contribution in [3.05, 3.63) is 100 Å². The zero-order valence-corrected chi connectivity index (χ0v) is 18.9. The Kier molecular flexibility index (Phi) is 5.72. The summed E-state index contributed by atoms with van der Waals surface area (Å²) in [6.45, 7) is 0.448. The summed E-state index contributed by atoms with van der Waals surface area (Å²) >= 11 is 5.67. The first kappa shape index (κ1) is 21.7. The van der Waals surface area contributed by atoms with E-state index in [-0.39, 0.29) is 17.8 Å². The number of thiocarbonyl (C=S) groups is 1. The van der Waals surface area contributed by atoms with Crippen molar-refractivity contribution in [3.8, 4) is 17.1 Å². The number of nitro benzene ring substituents is 1. The second kappa shape index (κ2) is 8.99. The lowest BCUT2D eigenvalue weighted by Crippen LogP contribution is -2.28. The summed E-state index contributed by atoms with van der Waals surface area (Å²) in [7, 11) is 1.47. The summed E-state index contributed by atoms with van der Waals surface area (Å²) in [6, 6.07) is 17.0. The van der Waals surface area contributed by atoms with E-state index in [0.717, 1.165) is 11.5 Å². The summed E-state index contributed by atoms with van der Waals surface area (Å²) < 4.78 is 17.2. The minimum Gasteiger partial charge on any atom is -0.496 e. The first-order valence-electron chi connectivity index (χ1n) is 10.5. The van der Waals surface area contributed by atoms with Crippen LogP contribution in [-0.4, -0.2) is 27.0 Å². The molecule has 2 atom stereocenters. The largest absolute Gasteiger partial charge is 0.496 e. The molecule has 1 saturated heterocycles. The molecule has 0 aliphatic carbocycles. The average molecular weight is 477 g/mol. The number of rotatable bonds is 7. The number of pyridine rings is 1. The van der Waals surface area contributed by atoms with Gasteiger partial charge in [-0.2, -0.15) is 0 Å². The van der Waals surface area contributed by atoms with Gasteiger partial charge in [-0.05, 0) is 54.7 Å². The molecule has 1 aliphatic rings. The Morgan fingerprint density at radius 1 is 1.21 bits per heavy atom. The van der Waals surface area contributed by atoms with Gasteiger partial charge >= 0.3 is 0 Å². The molecule has 1 N–H and O–H groups in total. The molecule has 0 radical (unpaired) electrons. The van der Waals surface area contributed by atoms with E-state index in [2.05, 4.69) is 10.3 Å². The van der Waals surface area contributed by atoms with Crippen LogP contribution < -0.4 is 10.1 Å². The number of nitro groups is 1. The molecule has 3 aromatic heterocycles. The SMILES string of the molecule is COc1cc([N+](=O)[O-])ccc1-c1ccc([C@H]2[C@@H](c3ccccn3)NC(=S)N2Cc2ccco2)o1. The molecule has 9 nitrogen and oxygen atoms in total. The van der Waals surface area contributed by atoms with Crippen LogP contribution in [0.4, 0.5) is 5.69 Å². The number of ether oxygens (including phenoxy) is 1. The molecule has 172 valence electrons. The fourth-order valence-electron chi connectivity index (χ4n) is 4.11. The van der Waals surface area contributed by atoms with Crippen molar-refractivity contribution in [1.29, 1.82) is 0 Å². The molecule has 4 heterocycles. The summed E-state index contributed by atoms with van der Waals surface area (Å²) in [5.74, 6) is 2.30. The Hall–Kier alpha value is -4.18. The molecule has 1 fully saturated rings. The molecule has 10 heteroatoms. The number of hydrogen-bond acceptors (Lipinski definition) is 7. The van der Waals surface area contributed by atoms with Crippen LogP contribution in [0.1, 0.15) is 29.3 Å². The van der Waals surface area contributed by atoms with E-state index < -0.39 is 4.92 Å². The van der Waals surface area contributed by atoms with Gasteiger partial charge in [-0.3, -0.25) is 15.1 Å². The first-order valence-corrected chi connectivity index (χ1v) is 10.9. The maximum atomic E-state index is 11.2. The van der Waals surface area contributed by atoms with Gasteiger partial charge in [0.25, 0.3) is 5.69 Å². The zero-order valence-electron chi connectivity index (χ0n) is 18.1. The van der Waals surface area contributed by atoms with Crippen molar-refractivity contribution in [1.82, 2.24) is 15.2 Å². The van der Waals surface area contributed by atoms with E-state index in [0.29, 0.717) is 34.5 Å². The van der Waals surface area contributed by atoms with Crippen LogP contribution in [0.15, 0.2) is 82.0 Å². The van der Waals surface area contributed by atoms with Crippen LogP contribution in [0.3, 0.4) is 0 Å². The van der Waals surface area contributed by atoms with Gasteiger partial charge in [0.2, 0.25) is 0 Å². The lowest BCUT2D eigenvalue weighted by atomic mass is 10.0. The normalized spacial score (nSPS) is 17.6. The summed E-state index contributed by atoms with van der Waals surface area (Å²) in [5, 5.41) is 15.1. The zero-order chi connectivity index (χ0) is 23.7. The molecular weight excluding hydrogens is 456 g/mol. The number of methoxy groups -OCH3 is 1. The van der Waals surface area contributed by atoms with E-state index >= 15 is 0 Å². The number of furan rings is 2. The minimum absolute atomic E-state index is 0.0578. The molecule has 0 spiro atoms. The molecule has 34 heavy (non-hydrogen) atoms. The van der Waals surface area contributed by atoms with Crippen molar-refractivity contribution in [2.75, 3.05) is 7.11 Å². The maximum Gasteiger partial charge on any atom is 0.273 e. The Morgan fingerprint density at radius 3 is 2.79 bits per heavy atom. The molecule has 0 saturated carbocycles. The molecule has 0 unspecified atom stereocenters. The quantitative estimate of drug-likeness (QED) is 0.223. The van der Waals surface area contributed by atoms with Crippen molar-refractivity contribution in [3.63, 3.8) is 0 Å². The van der Waals surface area contributed by atoms with E-state index in [9.17, 15) is 10.1 Å². The van der Waals surface area contributed by atoms with Crippen molar-refractivity contribution < 1.29 is 18.5 Å². The number of aromatic nitrogens is 1. The molecule has 1 aliphatic heterocycles. The molecule has 4 aromatic rings. The second-order valence-corrected chi connectivity index (χ2v) is 8.06. The van der Waals surface area contributed by atoms with Gasteiger partial charge in [0.1, 0.15) is 29.1 Å². The summed E-state index contributed by atoms with van der Waals surface area (Å²) in [5.41, 5.74) is 1.38. The number of nitrogens with zero attached hydrogens (tertiary/aromatic N) is 3. The van der Waals surface area contributed by atoms with Gasteiger partial charge in [-0.25, -0.2) is 0 Å². The summed E-state index contributed by atoms with van der Waals surface area (Å²) in [4.78, 5) is 17.2. The predicted molar refractivity (Wildman–Crippen MR) is 127 cm³/mol. The van der Waals surface area contributed by atoms with Gasteiger partial charge in [-0.1, -0.05) is 6.07 Å². The number of non-ortho nitro benzene ring substituents is 1. The van der Waals surface area contributed by atoms with E-state index in [1.807, 2.05) is 47.4 Å². The van der Waals surface area contributed by atoms with Gasteiger partial charge < -0.3 is 23.8 Å². The fourth-order valence-corrected chi connectivity index (χ4v) is 4.41. The van der Waals surface area contributed by atoms with Crippen LogP contribution in [0.25, 0.3) is 11.3 Å². The molecule has 5 rings (SSSR count). The van der Waals surface area contributed by atoms with Crippen LogP contribution in [0.5, 0.6) is 5.75 Å². The Morgan fingerprint density at radius 2 is 2.09 bits per heavy atom. The molecule has 1 aromatic carbocycles. The predicted octanol–water partition coefficient (Wildman–Crippen LogP) is 5.02. The number of nitrogens with one attached hydrogen (secondary N) is 1. The van der Waals surface area contributed by atoms with E-state index in [4.69, 9.17) is 25.8 Å². The van der Waals surface area contributed by atoms with Crippen molar-refractivity contribution >= 4 is 23.0 Å². The monoisotopic (exact) mass is 476 g/mol. The standard InChI is InChI=1S/C24H20N4O5S/c1-31-21-13-15(28(29)30)7-8-17(21)19-9-10-20(33-19)23-22(18-6-2-3-11-25-18)26-24(34)27(23)14-16-5-4-12-32-16/h2-13,22-23H,14H2,1H3,(H,26,34)/t22-,23+/m1/s1. The number of benzene rings is 1. The third-order valence-electron chi connectivity index (χ3n) is 5.68. The van der Waals surface area contributed by atoms with E-state index in [1.165, 1.54) is 19.2 Å². The Bertz CT molecular complexity index is 1320. The molecule has 0 bridgehead atoms. The van der Waals surface area contributed by atoms with Crippen LogP contribution >= 0.6 is 12.2 Å². The highest BCUT2D eigenvalue weighted by molar-refractivity contribution is 7.80. The van der Waals surface area contributed by atoms with Gasteiger partial charge in [0.05, 0.1) is 48.2 Å². The summed E-state index contributed by atoms with van der Waals surface area (Å²) in [6.07, 6.45) is 3.36. The van der Waals surface area contributed by atoms with E-state index in [1.54, 1.807) is 18.5 Å². The van der Waals surface area contributed by atoms with Gasteiger partial charge in [-0.15, -0.1) is 0 Å². The van der Waals surface area contributed by atoms with Gasteiger partial charge in [0, 0.05) is 12.3 Å². The highest BCUT2D eigenvalue weighted by Crippen LogP contribution is 2.42. The third kappa shape index (κ3) is 3.99. The lowest BCUT2D eigenvalue weighted by molar-refractivity contribution is -0.384. The van der Waals surface area contributed by atoms with Gasteiger partial charge in [0.15, 0.2) is 5.11 Å². The Labute approximate surface area is 200 Å². The average Bonchev–Trinajstić information content (AvgIpc) is 3.61. The van der Waals surface area contributed by atoms with Crippen LogP contribution in [0, 0.1) is 10.1 Å². The molecular formula is C24H20N4O5S. The Balaban J connectivity index is 1.54. The highest BCUT2D eigenvalue weighted by atomic mass is 32.1. The highest BCUT2D eigenvalue weighted by Gasteiger charge is 2.42. The third-order valence-corrected chi connectivity index (χ3v) is 6.04. The lowest BCUT2D eigenvalue weighted by Gasteiger charge is -2.25. The maximum absolute atomic E-state index is 11.2. The first-order chi connectivity index (χ1) is 16.5. The molecule has 0 amide bonds. The second-order valence-electron chi connectivity index (χ2n) is 7.68. The van der Waals surface area contributed by atoms with Crippen molar-refractivity contribution in [2.45, 2.75) is 18.6 Å². The van der Waals surface area contributed by atoms with Crippen molar-refractivity contribution in [2.24, 2.45) is 0 Å². The van der Waals surface area contributed by atoms with Crippen LogP contribution in [0.2, 0.25) is 0 Å². The number of hydrogen-bond donors (Lipinski definition) is 1. The topological polar surface area (TPSA) is 107 Å².